The fourth-order valence-electron chi connectivity index (χ4n) is 5.17. The first kappa shape index (κ1) is 24.1. The summed E-state index contributed by atoms with van der Waals surface area (Å²) in [5, 5.41) is 0. The summed E-state index contributed by atoms with van der Waals surface area (Å²) in [6.45, 7) is 1.32. The van der Waals surface area contributed by atoms with Gasteiger partial charge in [0.2, 0.25) is 0 Å². The molecule has 0 N–H and O–H groups in total. The van der Waals surface area contributed by atoms with Crippen LogP contribution in [0, 0.1) is 65.1 Å². The molecule has 1 nitrogen and oxygen atoms in total. The van der Waals surface area contributed by atoms with Crippen molar-refractivity contribution < 1.29 is 48.4 Å². The van der Waals surface area contributed by atoms with E-state index in [9.17, 15) is 26.3 Å². The summed E-state index contributed by atoms with van der Waals surface area (Å²) in [5.74, 6) is -24.3. The zero-order valence-electron chi connectivity index (χ0n) is 17.4. The van der Waals surface area contributed by atoms with Gasteiger partial charge in [0, 0.05) is 19.4 Å². The summed E-state index contributed by atoms with van der Waals surface area (Å²) in [6.07, 6.45) is -4.33. The highest BCUT2D eigenvalue weighted by atomic mass is 19.2. The van der Waals surface area contributed by atoms with Crippen LogP contribution in [0.5, 0.6) is 0 Å². The minimum absolute atomic E-state index is 0.0484. The molecule has 2 heterocycles. The molecular formula is C22H14BF10N. The summed E-state index contributed by atoms with van der Waals surface area (Å²) >= 11 is 0. The van der Waals surface area contributed by atoms with E-state index in [1.54, 1.807) is 0 Å². The molecule has 34 heavy (non-hydrogen) atoms. The van der Waals surface area contributed by atoms with E-state index >= 15 is 17.6 Å². The Hall–Kier alpha value is -3.05. The molecule has 180 valence electrons. The van der Waals surface area contributed by atoms with Crippen molar-refractivity contribution >= 4 is 17.2 Å². The summed E-state index contributed by atoms with van der Waals surface area (Å²) in [4.78, 5) is 0. The predicted molar refractivity (Wildman–Crippen MR) is 102 cm³/mol. The number of aryl methyl sites for hydroxylation is 2. The fraction of sp³-hybridized carbons (Fsp3) is 0.227. The molecule has 4 rings (SSSR count). The Balaban J connectivity index is 2.35. The van der Waals surface area contributed by atoms with Crippen molar-refractivity contribution in [2.24, 2.45) is 0 Å². The smallest absolute Gasteiger partial charge is 0.344 e. The SMILES string of the molecule is Cc1cccc2[n+]1[B-](c1c(F)c(F)c(F)c(F)c1F)(c1c(F)c(F)c(F)c(F)c1F)CCCC2. The van der Waals surface area contributed by atoms with Crippen LogP contribution in [0.4, 0.5) is 43.9 Å². The normalized spacial score (nSPS) is 15.3. The molecule has 0 bridgehead atoms. The number of aromatic nitrogens is 1. The van der Waals surface area contributed by atoms with Crippen molar-refractivity contribution in [3.8, 4) is 0 Å². The second-order valence-corrected chi connectivity index (χ2v) is 8.23. The zero-order valence-corrected chi connectivity index (χ0v) is 17.4. The second kappa shape index (κ2) is 8.32. The van der Waals surface area contributed by atoms with Crippen LogP contribution in [0.3, 0.4) is 0 Å². The van der Waals surface area contributed by atoms with Crippen LogP contribution in [0.2, 0.25) is 6.32 Å². The Kier molecular flexibility index (Phi) is 5.89. The van der Waals surface area contributed by atoms with Crippen LogP contribution >= 0.6 is 0 Å². The summed E-state index contributed by atoms with van der Waals surface area (Å²) in [5.41, 5.74) is -3.10. The van der Waals surface area contributed by atoms with Crippen molar-refractivity contribution in [1.82, 2.24) is 0 Å². The molecule has 1 aliphatic heterocycles. The first-order chi connectivity index (χ1) is 16.0. The standard InChI is InChI=1S/C22H14BF10N/c1-9-5-4-7-10-6-2-3-8-23(34(9)10,11-13(24)17(28)21(32)18(29)14(11)25)12-15(26)19(30)22(33)20(31)16(12)27/h4-5,7H,2-3,6,8H2,1H3. The number of fused-ring (bicyclic) bond motifs is 1. The van der Waals surface area contributed by atoms with Crippen LogP contribution in [0.15, 0.2) is 18.2 Å². The highest BCUT2D eigenvalue weighted by molar-refractivity contribution is 6.96. The first-order valence-corrected chi connectivity index (χ1v) is 10.2. The molecule has 1 aliphatic rings. The third kappa shape index (κ3) is 3.14. The Morgan fingerprint density at radius 1 is 0.588 bits per heavy atom. The van der Waals surface area contributed by atoms with E-state index < -0.39 is 81.7 Å². The largest absolute Gasteiger partial charge is 0.413 e. The number of benzene rings is 2. The molecule has 0 unspecified atom stereocenters. The molecule has 12 heteroatoms. The molecule has 3 aromatic rings. The molecular weight excluding hydrogens is 479 g/mol. The van der Waals surface area contributed by atoms with Crippen molar-refractivity contribution in [2.45, 2.75) is 32.5 Å². The molecule has 0 fully saturated rings. The quantitative estimate of drug-likeness (QED) is 0.213. The van der Waals surface area contributed by atoms with Gasteiger partial charge in [-0.1, -0.05) is 23.4 Å². The summed E-state index contributed by atoms with van der Waals surface area (Å²) < 4.78 is 147. The third-order valence-electron chi connectivity index (χ3n) is 6.50. The Bertz CT molecular complexity index is 1210. The van der Waals surface area contributed by atoms with E-state index in [2.05, 4.69) is 0 Å². The molecule has 0 radical (unpaired) electrons. The van der Waals surface area contributed by atoms with Gasteiger partial charge in [0.1, 0.15) is 34.7 Å². The van der Waals surface area contributed by atoms with E-state index in [0.717, 1.165) is 4.48 Å². The highest BCUT2D eigenvalue weighted by Crippen LogP contribution is 2.28. The number of pyridine rings is 1. The Morgan fingerprint density at radius 2 is 1.00 bits per heavy atom. The average Bonchev–Trinajstić information content (AvgIpc) is 3.00. The lowest BCUT2D eigenvalue weighted by molar-refractivity contribution is -0.558. The molecule has 0 saturated carbocycles. The molecule has 0 saturated heterocycles. The van der Waals surface area contributed by atoms with Gasteiger partial charge in [-0.15, -0.1) is 6.32 Å². The average molecular weight is 493 g/mol. The number of nitrogens with zero attached hydrogens (tertiary/aromatic N) is 1. The van der Waals surface area contributed by atoms with Gasteiger partial charge in [-0.25, -0.2) is 43.9 Å². The minimum atomic E-state index is -3.98. The molecule has 0 amide bonds. The molecule has 0 aliphatic carbocycles. The van der Waals surface area contributed by atoms with Gasteiger partial charge in [-0.05, 0) is 12.5 Å². The fourth-order valence-corrected chi connectivity index (χ4v) is 5.17. The van der Waals surface area contributed by atoms with Gasteiger partial charge < -0.3 is 4.48 Å². The number of hydrogen-bond donors (Lipinski definition) is 0. The van der Waals surface area contributed by atoms with E-state index in [1.165, 1.54) is 25.1 Å². The van der Waals surface area contributed by atoms with Crippen molar-refractivity contribution in [3.63, 3.8) is 0 Å². The first-order valence-electron chi connectivity index (χ1n) is 10.2. The second-order valence-electron chi connectivity index (χ2n) is 8.23. The lowest BCUT2D eigenvalue weighted by Crippen LogP contribution is -2.82. The summed E-state index contributed by atoms with van der Waals surface area (Å²) in [7, 11) is 0. The van der Waals surface area contributed by atoms with Crippen LogP contribution in [0.25, 0.3) is 0 Å². The Morgan fingerprint density at radius 3 is 1.44 bits per heavy atom. The lowest BCUT2D eigenvalue weighted by atomic mass is 9.24. The topological polar surface area (TPSA) is 3.88 Å². The van der Waals surface area contributed by atoms with Crippen LogP contribution in [-0.4, -0.2) is 6.28 Å². The maximum atomic E-state index is 15.2. The predicted octanol–water partition coefficient (Wildman–Crippen LogP) is 4.62. The van der Waals surface area contributed by atoms with Gasteiger partial charge >= 0.3 is 6.28 Å². The van der Waals surface area contributed by atoms with Crippen molar-refractivity contribution in [1.29, 1.82) is 0 Å². The molecule has 1 aromatic heterocycles. The lowest BCUT2D eigenvalue weighted by Gasteiger charge is -2.38. The molecule has 2 aromatic carbocycles. The zero-order chi connectivity index (χ0) is 25.1. The van der Waals surface area contributed by atoms with Crippen molar-refractivity contribution in [3.05, 3.63) is 87.8 Å². The van der Waals surface area contributed by atoms with Gasteiger partial charge in [-0.3, -0.25) is 0 Å². The number of rotatable bonds is 2. The van der Waals surface area contributed by atoms with Crippen LogP contribution in [0.1, 0.15) is 24.2 Å². The highest BCUT2D eigenvalue weighted by Gasteiger charge is 2.53. The van der Waals surface area contributed by atoms with Crippen LogP contribution in [-0.2, 0) is 6.42 Å². The third-order valence-corrected chi connectivity index (χ3v) is 6.50. The van der Waals surface area contributed by atoms with E-state index in [1.807, 2.05) is 0 Å². The maximum Gasteiger partial charge on any atom is 0.344 e. The Labute approximate surface area is 186 Å². The monoisotopic (exact) mass is 493 g/mol. The number of hydrogen-bond acceptors (Lipinski definition) is 0. The van der Waals surface area contributed by atoms with E-state index in [4.69, 9.17) is 0 Å². The van der Waals surface area contributed by atoms with Gasteiger partial charge in [0.15, 0.2) is 34.9 Å². The minimum Gasteiger partial charge on any atom is -0.413 e. The molecule has 0 spiro atoms. The molecule has 0 atom stereocenters. The number of halogens is 10. The van der Waals surface area contributed by atoms with Crippen LogP contribution < -0.4 is 15.4 Å². The van der Waals surface area contributed by atoms with E-state index in [0.29, 0.717) is 0 Å². The van der Waals surface area contributed by atoms with Gasteiger partial charge in [0.05, 0.1) is 0 Å². The summed E-state index contributed by atoms with van der Waals surface area (Å²) in [6, 6.07) is 4.18. The van der Waals surface area contributed by atoms with E-state index in [-0.39, 0.29) is 30.7 Å². The maximum absolute atomic E-state index is 15.2. The van der Waals surface area contributed by atoms with Crippen molar-refractivity contribution in [2.75, 3.05) is 0 Å². The van der Waals surface area contributed by atoms with Gasteiger partial charge in [-0.2, -0.15) is 0 Å². The van der Waals surface area contributed by atoms with Gasteiger partial charge in [0.25, 0.3) is 0 Å².